The van der Waals surface area contributed by atoms with Gasteiger partial charge in [0.2, 0.25) is 0 Å². The largest absolute Gasteiger partial charge is 0.465 e. The minimum atomic E-state index is -1.25. The topological polar surface area (TPSA) is 113 Å². The van der Waals surface area contributed by atoms with Crippen molar-refractivity contribution in [2.24, 2.45) is 5.73 Å². The van der Waals surface area contributed by atoms with Crippen LogP contribution in [0.2, 0.25) is 0 Å². The van der Waals surface area contributed by atoms with E-state index in [-0.39, 0.29) is 11.1 Å². The number of hydrogen-bond acceptors (Lipinski definition) is 4. The van der Waals surface area contributed by atoms with Gasteiger partial charge >= 0.3 is 12.1 Å². The van der Waals surface area contributed by atoms with Crippen LogP contribution in [0.4, 0.5) is 16.5 Å². The highest BCUT2D eigenvalue weighted by Crippen LogP contribution is 2.26. The standard InChI is InChI=1S/C9H8N4O3S/c10-7(17)11-4-2-1-3-5-6(4)16-8(12-5)13-9(14)15/h1-3H,(H,12,13)(H,14,15)(H3,10,11,17). The molecule has 1 aromatic heterocycles. The summed E-state index contributed by atoms with van der Waals surface area (Å²) in [6, 6.07) is 4.98. The molecule has 0 aliphatic heterocycles. The summed E-state index contributed by atoms with van der Waals surface area (Å²) < 4.78 is 5.23. The van der Waals surface area contributed by atoms with Crippen LogP contribution in [0.15, 0.2) is 22.6 Å². The maximum Gasteiger partial charge on any atom is 0.412 e. The molecule has 7 nitrogen and oxygen atoms in total. The fraction of sp³-hybridized carbons (Fsp3) is 0. The van der Waals surface area contributed by atoms with Crippen LogP contribution in [0.5, 0.6) is 0 Å². The van der Waals surface area contributed by atoms with Crippen LogP contribution >= 0.6 is 12.2 Å². The van der Waals surface area contributed by atoms with Crippen molar-refractivity contribution < 1.29 is 14.3 Å². The number of carbonyl (C=O) groups is 1. The van der Waals surface area contributed by atoms with Crippen LogP contribution in [0.1, 0.15) is 0 Å². The first-order valence-electron chi connectivity index (χ1n) is 4.52. The van der Waals surface area contributed by atoms with Crippen LogP contribution in [-0.2, 0) is 0 Å². The number of benzene rings is 1. The third-order valence-electron chi connectivity index (χ3n) is 1.89. The summed E-state index contributed by atoms with van der Waals surface area (Å²) in [6.07, 6.45) is -1.25. The number of oxazole rings is 1. The lowest BCUT2D eigenvalue weighted by Crippen LogP contribution is -2.18. The third kappa shape index (κ3) is 2.42. The van der Waals surface area contributed by atoms with E-state index >= 15 is 0 Å². The van der Waals surface area contributed by atoms with E-state index in [1.54, 1.807) is 18.2 Å². The van der Waals surface area contributed by atoms with E-state index in [0.717, 1.165) is 0 Å². The molecule has 0 aliphatic carbocycles. The molecule has 5 N–H and O–H groups in total. The maximum atomic E-state index is 10.4. The Morgan fingerprint density at radius 2 is 2.24 bits per heavy atom. The first-order valence-corrected chi connectivity index (χ1v) is 4.93. The first-order chi connectivity index (χ1) is 8.06. The predicted molar refractivity (Wildman–Crippen MR) is 66.1 cm³/mol. The number of rotatable bonds is 2. The Kier molecular flexibility index (Phi) is 2.79. The van der Waals surface area contributed by atoms with Gasteiger partial charge in [0.25, 0.3) is 0 Å². The Bertz CT molecular complexity index is 595. The van der Waals surface area contributed by atoms with Crippen molar-refractivity contribution in [3.63, 3.8) is 0 Å². The molecular formula is C9H8N4O3S. The zero-order chi connectivity index (χ0) is 12.4. The number of para-hydroxylation sites is 1. The number of fused-ring (bicyclic) bond motifs is 1. The Balaban J connectivity index is 2.45. The molecular weight excluding hydrogens is 244 g/mol. The maximum absolute atomic E-state index is 10.4. The van der Waals surface area contributed by atoms with Crippen LogP contribution in [0.3, 0.4) is 0 Å². The molecule has 0 unspecified atom stereocenters. The minimum Gasteiger partial charge on any atom is -0.465 e. The van der Waals surface area contributed by atoms with Crippen molar-refractivity contribution in [1.29, 1.82) is 0 Å². The zero-order valence-electron chi connectivity index (χ0n) is 8.43. The third-order valence-corrected chi connectivity index (χ3v) is 1.99. The Labute approximate surface area is 101 Å². The number of carboxylic acid groups (broad SMARTS) is 1. The van der Waals surface area contributed by atoms with Gasteiger partial charge in [0, 0.05) is 0 Å². The fourth-order valence-corrected chi connectivity index (χ4v) is 1.44. The SMILES string of the molecule is NC(=S)Nc1cccc2nc(NC(=O)O)oc12. The van der Waals surface area contributed by atoms with Gasteiger partial charge in [-0.2, -0.15) is 4.98 Å². The smallest absolute Gasteiger partial charge is 0.412 e. The van der Waals surface area contributed by atoms with Gasteiger partial charge in [0.15, 0.2) is 10.7 Å². The highest BCUT2D eigenvalue weighted by Gasteiger charge is 2.11. The van der Waals surface area contributed by atoms with Crippen molar-refractivity contribution in [3.8, 4) is 0 Å². The Morgan fingerprint density at radius 3 is 2.88 bits per heavy atom. The molecule has 0 aliphatic rings. The van der Waals surface area contributed by atoms with E-state index in [4.69, 9.17) is 27.5 Å². The zero-order valence-corrected chi connectivity index (χ0v) is 9.25. The molecule has 1 amide bonds. The fourth-order valence-electron chi connectivity index (χ4n) is 1.33. The van der Waals surface area contributed by atoms with Crippen LogP contribution in [0.25, 0.3) is 11.1 Å². The van der Waals surface area contributed by atoms with Crippen molar-refractivity contribution in [2.45, 2.75) is 0 Å². The average molecular weight is 252 g/mol. The van der Waals surface area contributed by atoms with Gasteiger partial charge < -0.3 is 20.6 Å². The number of thiocarbonyl (C=S) groups is 1. The van der Waals surface area contributed by atoms with Gasteiger partial charge in [-0.25, -0.2) is 10.1 Å². The first kappa shape index (κ1) is 11.1. The second-order valence-electron chi connectivity index (χ2n) is 3.09. The summed E-state index contributed by atoms with van der Waals surface area (Å²) >= 11 is 4.71. The van der Waals surface area contributed by atoms with E-state index in [1.165, 1.54) is 0 Å². The number of nitrogens with two attached hydrogens (primary N) is 1. The van der Waals surface area contributed by atoms with Gasteiger partial charge in [-0.05, 0) is 24.4 Å². The van der Waals surface area contributed by atoms with E-state index in [0.29, 0.717) is 16.8 Å². The Hall–Kier alpha value is -2.35. The molecule has 88 valence electrons. The summed E-state index contributed by atoms with van der Waals surface area (Å²) in [6.45, 7) is 0. The number of aromatic nitrogens is 1. The van der Waals surface area contributed by atoms with E-state index in [9.17, 15) is 4.79 Å². The van der Waals surface area contributed by atoms with Crippen LogP contribution in [0, 0.1) is 0 Å². The summed E-state index contributed by atoms with van der Waals surface area (Å²) in [4.78, 5) is 14.4. The number of hydrogen-bond donors (Lipinski definition) is 4. The van der Waals surface area contributed by atoms with Crippen LogP contribution < -0.4 is 16.4 Å². The molecule has 1 heterocycles. The van der Waals surface area contributed by atoms with Gasteiger partial charge in [-0.15, -0.1) is 0 Å². The molecule has 0 bridgehead atoms. The van der Waals surface area contributed by atoms with Gasteiger partial charge in [-0.3, -0.25) is 0 Å². The highest BCUT2D eigenvalue weighted by molar-refractivity contribution is 7.80. The molecule has 1 aromatic carbocycles. The normalized spacial score (nSPS) is 10.1. The van der Waals surface area contributed by atoms with E-state index < -0.39 is 6.09 Å². The van der Waals surface area contributed by atoms with Gasteiger partial charge in [0.05, 0.1) is 5.69 Å². The number of anilines is 2. The van der Waals surface area contributed by atoms with Gasteiger partial charge in [0.1, 0.15) is 5.52 Å². The molecule has 0 fully saturated rings. The number of amides is 1. The Morgan fingerprint density at radius 1 is 1.47 bits per heavy atom. The monoisotopic (exact) mass is 252 g/mol. The molecule has 17 heavy (non-hydrogen) atoms. The quantitative estimate of drug-likeness (QED) is 0.600. The molecule has 0 spiro atoms. The molecule has 0 saturated carbocycles. The lowest BCUT2D eigenvalue weighted by Gasteiger charge is -2.02. The molecule has 0 atom stereocenters. The second-order valence-corrected chi connectivity index (χ2v) is 3.53. The minimum absolute atomic E-state index is 0.0849. The number of nitrogens with one attached hydrogen (secondary N) is 2. The average Bonchev–Trinajstić information content (AvgIpc) is 2.59. The molecule has 0 radical (unpaired) electrons. The molecule has 0 saturated heterocycles. The summed E-state index contributed by atoms with van der Waals surface area (Å²) in [5.41, 5.74) is 6.75. The summed E-state index contributed by atoms with van der Waals surface area (Å²) in [7, 11) is 0. The van der Waals surface area contributed by atoms with Crippen LogP contribution in [-0.4, -0.2) is 21.3 Å². The molecule has 2 aromatic rings. The molecule has 8 heteroatoms. The van der Waals surface area contributed by atoms with E-state index in [1.807, 2.05) is 5.32 Å². The van der Waals surface area contributed by atoms with Crippen molar-refractivity contribution in [2.75, 3.05) is 10.6 Å². The van der Waals surface area contributed by atoms with Crippen molar-refractivity contribution >= 4 is 46.2 Å². The second kappa shape index (κ2) is 4.26. The lowest BCUT2D eigenvalue weighted by molar-refractivity contribution is 0.209. The summed E-state index contributed by atoms with van der Waals surface area (Å²) in [5.74, 6) is 0. The van der Waals surface area contributed by atoms with Crippen molar-refractivity contribution in [1.82, 2.24) is 4.98 Å². The number of nitrogens with zero attached hydrogens (tertiary/aromatic N) is 1. The predicted octanol–water partition coefficient (Wildman–Crippen LogP) is 1.57. The van der Waals surface area contributed by atoms with Gasteiger partial charge in [-0.1, -0.05) is 6.07 Å². The highest BCUT2D eigenvalue weighted by atomic mass is 32.1. The summed E-state index contributed by atoms with van der Waals surface area (Å²) in [5, 5.41) is 13.4. The lowest BCUT2D eigenvalue weighted by atomic mass is 10.3. The molecule has 2 rings (SSSR count). The van der Waals surface area contributed by atoms with Crippen molar-refractivity contribution in [3.05, 3.63) is 18.2 Å². The van der Waals surface area contributed by atoms with E-state index in [2.05, 4.69) is 10.3 Å².